The number of carbonyl (C=O) groups is 1. The van der Waals surface area contributed by atoms with Crippen molar-refractivity contribution in [3.8, 4) is 11.1 Å². The van der Waals surface area contributed by atoms with Crippen LogP contribution >= 0.6 is 0 Å². The van der Waals surface area contributed by atoms with Crippen molar-refractivity contribution in [2.45, 2.75) is 26.7 Å². The predicted octanol–water partition coefficient (Wildman–Crippen LogP) is 6.32. The van der Waals surface area contributed by atoms with Crippen LogP contribution in [0.4, 0.5) is 10.1 Å². The fraction of sp³-hybridized carbons (Fsp3) is 0.160. The standard InChI is InChI=1S/C25H22FNO/c1-16-7-5-11-20(17(16)2)25(28)27-24-14-13-19(15-23(24)26)22-12-6-9-18-8-3-4-10-21(18)22/h4-7,9-15H,3,8H2,1-2H3,(H,27,28). The number of aryl methyl sites for hydroxylation is 2. The molecule has 1 N–H and O–H groups in total. The molecule has 0 fully saturated rings. The van der Waals surface area contributed by atoms with Crippen molar-refractivity contribution in [3.05, 3.63) is 94.3 Å². The molecule has 1 amide bonds. The quantitative estimate of drug-likeness (QED) is 0.573. The van der Waals surface area contributed by atoms with Gasteiger partial charge in [0.2, 0.25) is 0 Å². The molecule has 0 saturated heterocycles. The summed E-state index contributed by atoms with van der Waals surface area (Å²) in [5.41, 5.74) is 6.95. The number of rotatable bonds is 3. The van der Waals surface area contributed by atoms with Crippen LogP contribution in [0.3, 0.4) is 0 Å². The first-order valence-electron chi connectivity index (χ1n) is 9.50. The SMILES string of the molecule is Cc1cccc(C(=O)Nc2ccc(-c3cccc4c3C=CCC4)cc2F)c1C. The molecule has 3 heteroatoms. The lowest BCUT2D eigenvalue weighted by Gasteiger charge is -2.16. The third-order valence-electron chi connectivity index (χ3n) is 5.44. The van der Waals surface area contributed by atoms with Crippen molar-refractivity contribution in [1.29, 1.82) is 0 Å². The first-order valence-corrected chi connectivity index (χ1v) is 9.50. The van der Waals surface area contributed by atoms with Gasteiger partial charge in [0.15, 0.2) is 0 Å². The van der Waals surface area contributed by atoms with Gasteiger partial charge in [0.1, 0.15) is 5.82 Å². The summed E-state index contributed by atoms with van der Waals surface area (Å²) >= 11 is 0. The Balaban J connectivity index is 1.64. The number of benzene rings is 3. The summed E-state index contributed by atoms with van der Waals surface area (Å²) in [6.07, 6.45) is 6.31. The van der Waals surface area contributed by atoms with Crippen molar-refractivity contribution in [2.24, 2.45) is 0 Å². The molecule has 0 unspecified atom stereocenters. The van der Waals surface area contributed by atoms with Gasteiger partial charge in [-0.3, -0.25) is 4.79 Å². The monoisotopic (exact) mass is 371 g/mol. The van der Waals surface area contributed by atoms with E-state index in [1.807, 2.05) is 44.2 Å². The van der Waals surface area contributed by atoms with Gasteiger partial charge in [-0.2, -0.15) is 0 Å². The van der Waals surface area contributed by atoms with Gasteiger partial charge in [0, 0.05) is 5.56 Å². The van der Waals surface area contributed by atoms with Gasteiger partial charge >= 0.3 is 0 Å². The highest BCUT2D eigenvalue weighted by Gasteiger charge is 2.15. The Morgan fingerprint density at radius 3 is 2.68 bits per heavy atom. The summed E-state index contributed by atoms with van der Waals surface area (Å²) in [5, 5.41) is 2.71. The van der Waals surface area contributed by atoms with Crippen molar-refractivity contribution < 1.29 is 9.18 Å². The zero-order valence-electron chi connectivity index (χ0n) is 16.1. The maximum Gasteiger partial charge on any atom is 0.256 e. The third-order valence-corrected chi connectivity index (χ3v) is 5.44. The second-order valence-corrected chi connectivity index (χ2v) is 7.22. The average molecular weight is 371 g/mol. The van der Waals surface area contributed by atoms with Gasteiger partial charge in [-0.05, 0) is 78.3 Å². The molecular formula is C25H22FNO. The van der Waals surface area contributed by atoms with Crippen LogP contribution in [-0.2, 0) is 6.42 Å². The first kappa shape index (κ1) is 18.2. The largest absolute Gasteiger partial charge is 0.319 e. The zero-order chi connectivity index (χ0) is 19.7. The minimum atomic E-state index is -0.437. The Hall–Kier alpha value is -3.20. The summed E-state index contributed by atoms with van der Waals surface area (Å²) < 4.78 is 14.8. The maximum atomic E-state index is 14.8. The molecule has 140 valence electrons. The smallest absolute Gasteiger partial charge is 0.256 e. The second-order valence-electron chi connectivity index (χ2n) is 7.22. The highest BCUT2D eigenvalue weighted by atomic mass is 19.1. The number of hydrogen-bond donors (Lipinski definition) is 1. The highest BCUT2D eigenvalue weighted by molar-refractivity contribution is 6.05. The van der Waals surface area contributed by atoms with E-state index in [1.54, 1.807) is 12.1 Å². The molecule has 0 bridgehead atoms. The average Bonchev–Trinajstić information content (AvgIpc) is 2.71. The number of amides is 1. The van der Waals surface area contributed by atoms with E-state index in [2.05, 4.69) is 23.5 Å². The van der Waals surface area contributed by atoms with E-state index in [1.165, 1.54) is 11.6 Å². The van der Waals surface area contributed by atoms with Gasteiger partial charge in [0.25, 0.3) is 5.91 Å². The van der Waals surface area contributed by atoms with E-state index >= 15 is 0 Å². The van der Waals surface area contributed by atoms with Gasteiger partial charge in [-0.15, -0.1) is 0 Å². The minimum absolute atomic E-state index is 0.190. The predicted molar refractivity (Wildman–Crippen MR) is 113 cm³/mol. The van der Waals surface area contributed by atoms with E-state index in [4.69, 9.17) is 0 Å². The van der Waals surface area contributed by atoms with E-state index < -0.39 is 5.82 Å². The molecule has 0 radical (unpaired) electrons. The number of carbonyl (C=O) groups excluding carboxylic acids is 1. The van der Waals surface area contributed by atoms with E-state index in [0.717, 1.165) is 40.7 Å². The Bertz CT molecular complexity index is 1100. The van der Waals surface area contributed by atoms with Crippen molar-refractivity contribution >= 4 is 17.7 Å². The molecular weight excluding hydrogens is 349 g/mol. The second kappa shape index (κ2) is 7.43. The number of allylic oxidation sites excluding steroid dienone is 1. The Labute approximate surface area is 164 Å². The Morgan fingerprint density at radius 2 is 1.86 bits per heavy atom. The molecule has 0 spiro atoms. The molecule has 3 aromatic carbocycles. The van der Waals surface area contributed by atoms with Gasteiger partial charge in [-0.1, -0.05) is 48.6 Å². The van der Waals surface area contributed by atoms with Crippen LogP contribution in [0.25, 0.3) is 17.2 Å². The topological polar surface area (TPSA) is 29.1 Å². The molecule has 2 nitrogen and oxygen atoms in total. The lowest BCUT2D eigenvalue weighted by Crippen LogP contribution is -2.14. The lowest BCUT2D eigenvalue weighted by molar-refractivity contribution is 0.102. The number of hydrogen-bond acceptors (Lipinski definition) is 1. The molecule has 1 aliphatic rings. The van der Waals surface area contributed by atoms with Crippen LogP contribution in [0.2, 0.25) is 0 Å². The highest BCUT2D eigenvalue weighted by Crippen LogP contribution is 2.32. The zero-order valence-corrected chi connectivity index (χ0v) is 16.1. The maximum absolute atomic E-state index is 14.8. The van der Waals surface area contributed by atoms with Crippen LogP contribution in [0.1, 0.15) is 39.0 Å². The van der Waals surface area contributed by atoms with Gasteiger partial charge < -0.3 is 5.32 Å². The molecule has 0 heterocycles. The van der Waals surface area contributed by atoms with Crippen molar-refractivity contribution in [3.63, 3.8) is 0 Å². The van der Waals surface area contributed by atoms with E-state index in [9.17, 15) is 9.18 Å². The fourth-order valence-electron chi connectivity index (χ4n) is 3.69. The number of fused-ring (bicyclic) bond motifs is 1. The first-order chi connectivity index (χ1) is 13.5. The van der Waals surface area contributed by atoms with Crippen molar-refractivity contribution in [2.75, 3.05) is 5.32 Å². The molecule has 0 saturated carbocycles. The number of halogens is 1. The van der Waals surface area contributed by atoms with Crippen LogP contribution < -0.4 is 5.32 Å². The van der Waals surface area contributed by atoms with Crippen LogP contribution in [0.15, 0.2) is 60.7 Å². The molecule has 1 aliphatic carbocycles. The third kappa shape index (κ3) is 3.36. The van der Waals surface area contributed by atoms with E-state index in [0.29, 0.717) is 5.56 Å². The van der Waals surface area contributed by atoms with Crippen LogP contribution in [-0.4, -0.2) is 5.91 Å². The molecule has 0 atom stereocenters. The summed E-state index contributed by atoms with van der Waals surface area (Å²) in [6.45, 7) is 3.85. The fourth-order valence-corrected chi connectivity index (χ4v) is 3.69. The number of nitrogens with one attached hydrogen (secondary N) is 1. The lowest BCUT2D eigenvalue weighted by atomic mass is 9.90. The summed E-state index contributed by atoms with van der Waals surface area (Å²) in [6, 6.07) is 16.7. The van der Waals surface area contributed by atoms with Crippen molar-refractivity contribution in [1.82, 2.24) is 0 Å². The van der Waals surface area contributed by atoms with Crippen LogP contribution in [0.5, 0.6) is 0 Å². The molecule has 4 rings (SSSR count). The minimum Gasteiger partial charge on any atom is -0.319 e. The molecule has 3 aromatic rings. The molecule has 0 aliphatic heterocycles. The summed E-state index contributed by atoms with van der Waals surface area (Å²) in [5.74, 6) is -0.735. The van der Waals surface area contributed by atoms with Gasteiger partial charge in [0.05, 0.1) is 5.69 Å². The van der Waals surface area contributed by atoms with Crippen LogP contribution in [0, 0.1) is 19.7 Å². The van der Waals surface area contributed by atoms with E-state index in [-0.39, 0.29) is 11.6 Å². The summed E-state index contributed by atoms with van der Waals surface area (Å²) in [7, 11) is 0. The molecule has 28 heavy (non-hydrogen) atoms. The Kier molecular flexibility index (Phi) is 4.82. The molecule has 0 aromatic heterocycles. The summed E-state index contributed by atoms with van der Waals surface area (Å²) in [4.78, 5) is 12.6. The number of anilines is 1. The Morgan fingerprint density at radius 1 is 1.04 bits per heavy atom. The van der Waals surface area contributed by atoms with Gasteiger partial charge in [-0.25, -0.2) is 4.39 Å². The normalized spacial score (nSPS) is 12.5.